The van der Waals surface area contributed by atoms with Crippen LogP contribution in [0, 0.1) is 4.91 Å². The molecule has 15 heavy (non-hydrogen) atoms. The topological polar surface area (TPSA) is 53.0 Å². The van der Waals surface area contributed by atoms with E-state index in [4.69, 9.17) is 11.8 Å². The molecule has 0 N–H and O–H groups in total. The summed E-state index contributed by atoms with van der Waals surface area (Å²) < 4.78 is 0.982. The maximum Gasteiger partial charge on any atom is 0.357 e. The highest BCUT2D eigenvalue weighted by atomic mass is 35.5. The summed E-state index contributed by atoms with van der Waals surface area (Å²) in [6.45, 7) is 2.11. The van der Waals surface area contributed by atoms with Crippen molar-refractivity contribution in [2.24, 2.45) is 5.29 Å². The molecule has 0 heterocycles. The molecule has 0 atom stereocenters. The maximum absolute atomic E-state index is 11.6. The normalized spacial score (nSPS) is 17.2. The van der Waals surface area contributed by atoms with Crippen LogP contribution in [-0.2, 0) is 0 Å². The standard InChI is InChI=1S/C9H16ClN3O2/c1-2-12(10)9(14)13(11-15)8-6-4-3-5-7-8/h8H,2-7H2,1H3. The number of nitroso groups, excluding NO2 is 1. The van der Waals surface area contributed by atoms with Crippen molar-refractivity contribution in [2.75, 3.05) is 6.54 Å². The molecule has 2 amide bonds. The van der Waals surface area contributed by atoms with Gasteiger partial charge < -0.3 is 0 Å². The van der Waals surface area contributed by atoms with Gasteiger partial charge in [-0.1, -0.05) is 19.3 Å². The Morgan fingerprint density at radius 3 is 2.47 bits per heavy atom. The molecule has 0 aliphatic heterocycles. The Bertz CT molecular complexity index is 231. The van der Waals surface area contributed by atoms with Crippen molar-refractivity contribution < 1.29 is 4.79 Å². The SMILES string of the molecule is CCN(Cl)C(=O)N(N=O)C1CCCCC1. The molecule has 1 rings (SSSR count). The van der Waals surface area contributed by atoms with E-state index in [9.17, 15) is 9.70 Å². The first-order valence-corrected chi connectivity index (χ1v) is 5.64. The van der Waals surface area contributed by atoms with Gasteiger partial charge in [-0.05, 0) is 19.8 Å². The third-order valence-corrected chi connectivity index (χ3v) is 3.07. The Morgan fingerprint density at radius 2 is 2.00 bits per heavy atom. The van der Waals surface area contributed by atoms with Crippen LogP contribution in [0.2, 0.25) is 0 Å². The summed E-state index contributed by atoms with van der Waals surface area (Å²) in [7, 11) is 0. The number of hydrogen-bond donors (Lipinski definition) is 0. The summed E-state index contributed by atoms with van der Waals surface area (Å²) in [5.41, 5.74) is 0. The lowest BCUT2D eigenvalue weighted by Gasteiger charge is -2.29. The van der Waals surface area contributed by atoms with Gasteiger partial charge in [0.15, 0.2) is 0 Å². The molecule has 0 aromatic heterocycles. The number of urea groups is 1. The molecule has 1 fully saturated rings. The van der Waals surface area contributed by atoms with Crippen LogP contribution in [0.4, 0.5) is 4.79 Å². The fourth-order valence-corrected chi connectivity index (χ4v) is 1.91. The monoisotopic (exact) mass is 233 g/mol. The lowest BCUT2D eigenvalue weighted by molar-refractivity contribution is 0.142. The molecular weight excluding hydrogens is 218 g/mol. The van der Waals surface area contributed by atoms with E-state index in [0.717, 1.165) is 41.5 Å². The molecule has 86 valence electrons. The van der Waals surface area contributed by atoms with E-state index >= 15 is 0 Å². The summed E-state index contributed by atoms with van der Waals surface area (Å²) >= 11 is 5.65. The minimum atomic E-state index is -0.513. The summed E-state index contributed by atoms with van der Waals surface area (Å²) in [5.74, 6) is 0. The second-order valence-electron chi connectivity index (χ2n) is 3.68. The highest BCUT2D eigenvalue weighted by Crippen LogP contribution is 2.24. The second kappa shape index (κ2) is 5.90. The van der Waals surface area contributed by atoms with E-state index in [1.807, 2.05) is 0 Å². The predicted molar refractivity (Wildman–Crippen MR) is 58.1 cm³/mol. The van der Waals surface area contributed by atoms with E-state index < -0.39 is 6.03 Å². The van der Waals surface area contributed by atoms with Crippen molar-refractivity contribution in [1.29, 1.82) is 0 Å². The van der Waals surface area contributed by atoms with Crippen molar-refractivity contribution in [2.45, 2.75) is 45.1 Å². The quantitative estimate of drug-likeness (QED) is 0.428. The average molecular weight is 234 g/mol. The van der Waals surface area contributed by atoms with E-state index in [0.29, 0.717) is 6.54 Å². The Hall–Kier alpha value is -0.840. The van der Waals surface area contributed by atoms with Gasteiger partial charge in [0.05, 0.1) is 11.3 Å². The first-order valence-electron chi connectivity index (χ1n) is 5.30. The first kappa shape index (κ1) is 12.2. The van der Waals surface area contributed by atoms with Gasteiger partial charge >= 0.3 is 6.03 Å². The molecule has 0 aromatic rings. The van der Waals surface area contributed by atoms with Crippen molar-refractivity contribution in [3.8, 4) is 0 Å². The molecule has 0 aromatic carbocycles. The van der Waals surface area contributed by atoms with E-state index in [2.05, 4.69) is 5.29 Å². The Labute approximate surface area is 94.4 Å². The van der Waals surface area contributed by atoms with Crippen molar-refractivity contribution in [1.82, 2.24) is 9.43 Å². The van der Waals surface area contributed by atoms with Crippen LogP contribution in [0.1, 0.15) is 39.0 Å². The van der Waals surface area contributed by atoms with Crippen LogP contribution in [0.5, 0.6) is 0 Å². The number of rotatable bonds is 3. The fourth-order valence-electron chi connectivity index (χ4n) is 1.83. The van der Waals surface area contributed by atoms with Crippen LogP contribution < -0.4 is 0 Å². The van der Waals surface area contributed by atoms with Gasteiger partial charge in [0.25, 0.3) is 0 Å². The summed E-state index contributed by atoms with van der Waals surface area (Å²) in [6, 6.07) is -0.586. The van der Waals surface area contributed by atoms with E-state index in [1.165, 1.54) is 0 Å². The number of amides is 2. The summed E-state index contributed by atoms with van der Waals surface area (Å²) in [6.07, 6.45) is 4.92. The van der Waals surface area contributed by atoms with Gasteiger partial charge in [-0.3, -0.25) is 0 Å². The maximum atomic E-state index is 11.6. The number of carbonyl (C=O) groups excluding carboxylic acids is 1. The molecule has 0 unspecified atom stereocenters. The van der Waals surface area contributed by atoms with Gasteiger partial charge in [0, 0.05) is 18.3 Å². The van der Waals surface area contributed by atoms with Crippen molar-refractivity contribution in [3.63, 3.8) is 0 Å². The first-order chi connectivity index (χ1) is 7.20. The molecule has 1 saturated carbocycles. The van der Waals surface area contributed by atoms with Gasteiger partial charge in [-0.15, -0.1) is 4.91 Å². The minimum Gasteiger partial charge on any atom is -0.245 e. The van der Waals surface area contributed by atoms with Crippen LogP contribution in [0.15, 0.2) is 5.29 Å². The molecule has 6 heteroatoms. The molecule has 0 bridgehead atoms. The lowest BCUT2D eigenvalue weighted by atomic mass is 9.95. The lowest BCUT2D eigenvalue weighted by Crippen LogP contribution is -2.42. The number of hydrogen-bond acceptors (Lipinski definition) is 3. The average Bonchev–Trinajstić information content (AvgIpc) is 2.30. The van der Waals surface area contributed by atoms with Crippen LogP contribution >= 0.6 is 11.8 Å². The van der Waals surface area contributed by atoms with Gasteiger partial charge in [0.1, 0.15) is 0 Å². The highest BCUT2D eigenvalue weighted by molar-refractivity contribution is 6.20. The molecule has 0 saturated heterocycles. The predicted octanol–water partition coefficient (Wildman–Crippen LogP) is 2.90. The zero-order valence-electron chi connectivity index (χ0n) is 8.86. The van der Waals surface area contributed by atoms with Crippen molar-refractivity contribution in [3.05, 3.63) is 4.91 Å². The Balaban J connectivity index is 2.60. The zero-order chi connectivity index (χ0) is 11.3. The molecule has 1 aliphatic carbocycles. The number of carbonyl (C=O) groups is 1. The molecule has 0 spiro atoms. The number of halogens is 1. The van der Waals surface area contributed by atoms with Gasteiger partial charge in [-0.25, -0.2) is 9.21 Å². The largest absolute Gasteiger partial charge is 0.357 e. The van der Waals surface area contributed by atoms with Crippen LogP contribution in [0.3, 0.4) is 0 Å². The third-order valence-electron chi connectivity index (χ3n) is 2.69. The molecule has 0 radical (unpaired) electrons. The summed E-state index contributed by atoms with van der Waals surface area (Å²) in [4.78, 5) is 22.3. The highest BCUT2D eigenvalue weighted by Gasteiger charge is 2.29. The Morgan fingerprint density at radius 1 is 1.40 bits per heavy atom. The second-order valence-corrected chi connectivity index (χ2v) is 4.09. The van der Waals surface area contributed by atoms with E-state index in [1.54, 1.807) is 6.92 Å². The van der Waals surface area contributed by atoms with E-state index in [-0.39, 0.29) is 6.04 Å². The van der Waals surface area contributed by atoms with Gasteiger partial charge in [-0.2, -0.15) is 5.01 Å². The zero-order valence-corrected chi connectivity index (χ0v) is 9.61. The number of nitrogens with zero attached hydrogens (tertiary/aromatic N) is 3. The van der Waals surface area contributed by atoms with Gasteiger partial charge in [0.2, 0.25) is 0 Å². The minimum absolute atomic E-state index is 0.0726. The summed E-state index contributed by atoms with van der Waals surface area (Å²) in [5, 5.41) is 3.77. The fraction of sp³-hybridized carbons (Fsp3) is 0.889. The molecule has 5 nitrogen and oxygen atoms in total. The molecule has 1 aliphatic rings. The Kier molecular flexibility index (Phi) is 4.81. The third kappa shape index (κ3) is 3.06. The van der Waals surface area contributed by atoms with Crippen LogP contribution in [-0.4, -0.2) is 28.0 Å². The van der Waals surface area contributed by atoms with Crippen LogP contribution in [0.25, 0.3) is 0 Å². The molecular formula is C9H16ClN3O2. The van der Waals surface area contributed by atoms with Crippen molar-refractivity contribution >= 4 is 17.8 Å². The smallest absolute Gasteiger partial charge is 0.245 e.